The van der Waals surface area contributed by atoms with Crippen LogP contribution in [0.1, 0.15) is 33.9 Å². The minimum atomic E-state index is 0.271. The van der Waals surface area contributed by atoms with Gasteiger partial charge in [-0.25, -0.2) is 0 Å². The Bertz CT molecular complexity index is 633. The highest BCUT2D eigenvalue weighted by Gasteiger charge is 2.23. The summed E-state index contributed by atoms with van der Waals surface area (Å²) in [6, 6.07) is 13.4. The molecule has 0 amide bonds. The van der Waals surface area contributed by atoms with Crippen molar-refractivity contribution in [3.05, 3.63) is 64.2 Å². The van der Waals surface area contributed by atoms with Crippen molar-refractivity contribution in [1.82, 2.24) is 5.32 Å². The van der Waals surface area contributed by atoms with Crippen LogP contribution >= 0.6 is 0 Å². The molecule has 0 saturated carbocycles. The average Bonchev–Trinajstić information content (AvgIpc) is 2.49. The maximum Gasteiger partial charge on any atom is 0.122 e. The molecule has 0 spiro atoms. The van der Waals surface area contributed by atoms with Crippen molar-refractivity contribution in [2.24, 2.45) is 0 Å². The smallest absolute Gasteiger partial charge is 0.122 e. The number of fused-ring (bicyclic) bond motifs is 1. The van der Waals surface area contributed by atoms with Crippen LogP contribution < -0.4 is 10.1 Å². The lowest BCUT2D eigenvalue weighted by Gasteiger charge is -2.29. The van der Waals surface area contributed by atoms with E-state index >= 15 is 0 Å². The molecule has 1 heterocycles. The highest BCUT2D eigenvalue weighted by Crippen LogP contribution is 2.34. The van der Waals surface area contributed by atoms with Crippen LogP contribution in [0.25, 0.3) is 0 Å². The first-order valence-corrected chi connectivity index (χ1v) is 7.17. The number of hydrogen-bond acceptors (Lipinski definition) is 2. The van der Waals surface area contributed by atoms with Gasteiger partial charge in [-0.05, 0) is 48.6 Å². The summed E-state index contributed by atoms with van der Waals surface area (Å²) in [5.74, 6) is 1.01. The van der Waals surface area contributed by atoms with E-state index in [1.54, 1.807) is 7.11 Å². The molecule has 1 unspecified atom stereocenters. The quantitative estimate of drug-likeness (QED) is 0.898. The van der Waals surface area contributed by atoms with E-state index in [0.29, 0.717) is 0 Å². The third kappa shape index (κ3) is 2.20. The SMILES string of the molecule is COc1cccc2c1CCNC2c1ccc(C)c(C)c1. The summed E-state index contributed by atoms with van der Waals surface area (Å²) in [6.45, 7) is 5.32. The Kier molecular flexibility index (Phi) is 3.49. The summed E-state index contributed by atoms with van der Waals surface area (Å²) < 4.78 is 5.51. The van der Waals surface area contributed by atoms with E-state index in [0.717, 1.165) is 18.7 Å². The molecule has 0 bridgehead atoms. The van der Waals surface area contributed by atoms with E-state index in [-0.39, 0.29) is 6.04 Å². The van der Waals surface area contributed by atoms with Crippen LogP contribution in [0, 0.1) is 13.8 Å². The first-order chi connectivity index (χ1) is 9.70. The Morgan fingerprint density at radius 2 is 1.95 bits per heavy atom. The molecule has 2 aromatic rings. The predicted molar refractivity (Wildman–Crippen MR) is 82.5 cm³/mol. The van der Waals surface area contributed by atoms with E-state index in [4.69, 9.17) is 4.74 Å². The highest BCUT2D eigenvalue weighted by atomic mass is 16.5. The van der Waals surface area contributed by atoms with Crippen molar-refractivity contribution < 1.29 is 4.74 Å². The summed E-state index contributed by atoms with van der Waals surface area (Å²) in [6.07, 6.45) is 1.03. The van der Waals surface area contributed by atoms with Crippen LogP contribution in [0.5, 0.6) is 5.75 Å². The molecular formula is C18H21NO. The van der Waals surface area contributed by atoms with Crippen molar-refractivity contribution >= 4 is 0 Å². The fourth-order valence-corrected chi connectivity index (χ4v) is 3.00. The van der Waals surface area contributed by atoms with Gasteiger partial charge < -0.3 is 10.1 Å². The molecule has 2 aromatic carbocycles. The lowest BCUT2D eigenvalue weighted by atomic mass is 9.88. The zero-order valence-corrected chi connectivity index (χ0v) is 12.4. The minimum Gasteiger partial charge on any atom is -0.496 e. The fourth-order valence-electron chi connectivity index (χ4n) is 3.00. The molecule has 3 rings (SSSR count). The van der Waals surface area contributed by atoms with Crippen LogP contribution in [-0.2, 0) is 6.42 Å². The topological polar surface area (TPSA) is 21.3 Å². The van der Waals surface area contributed by atoms with Crippen molar-refractivity contribution in [2.45, 2.75) is 26.3 Å². The van der Waals surface area contributed by atoms with E-state index in [9.17, 15) is 0 Å². The first-order valence-electron chi connectivity index (χ1n) is 7.17. The number of methoxy groups -OCH3 is 1. The zero-order chi connectivity index (χ0) is 14.1. The maximum absolute atomic E-state index is 5.51. The lowest BCUT2D eigenvalue weighted by Crippen LogP contribution is -2.30. The second-order valence-corrected chi connectivity index (χ2v) is 5.51. The standard InChI is InChI=1S/C18H21NO/c1-12-7-8-14(11-13(12)2)18-16-5-4-6-17(20-3)15(16)9-10-19-18/h4-8,11,18-19H,9-10H2,1-3H3. The number of benzene rings is 2. The molecule has 104 valence electrons. The molecule has 1 N–H and O–H groups in total. The third-order valence-electron chi connectivity index (χ3n) is 4.29. The number of ether oxygens (including phenoxy) is 1. The molecule has 2 heteroatoms. The van der Waals surface area contributed by atoms with Crippen molar-refractivity contribution in [1.29, 1.82) is 0 Å². The molecule has 0 aromatic heterocycles. The van der Waals surface area contributed by atoms with Crippen LogP contribution in [0.15, 0.2) is 36.4 Å². The average molecular weight is 267 g/mol. The van der Waals surface area contributed by atoms with Crippen molar-refractivity contribution in [3.8, 4) is 5.75 Å². The van der Waals surface area contributed by atoms with E-state index in [2.05, 4.69) is 55.6 Å². The van der Waals surface area contributed by atoms with Gasteiger partial charge in [-0.3, -0.25) is 0 Å². The Labute approximate surface area is 120 Å². The molecule has 0 aliphatic carbocycles. The number of aryl methyl sites for hydroxylation is 2. The lowest BCUT2D eigenvalue weighted by molar-refractivity contribution is 0.403. The number of nitrogens with one attached hydrogen (secondary N) is 1. The van der Waals surface area contributed by atoms with Gasteiger partial charge >= 0.3 is 0 Å². The van der Waals surface area contributed by atoms with Crippen molar-refractivity contribution in [3.63, 3.8) is 0 Å². The number of rotatable bonds is 2. The summed E-state index contributed by atoms with van der Waals surface area (Å²) in [7, 11) is 1.75. The van der Waals surface area contributed by atoms with Gasteiger partial charge in [0.1, 0.15) is 5.75 Å². The molecule has 0 fully saturated rings. The summed E-state index contributed by atoms with van der Waals surface area (Å²) in [4.78, 5) is 0. The third-order valence-corrected chi connectivity index (χ3v) is 4.29. The van der Waals surface area contributed by atoms with Gasteiger partial charge in [0.05, 0.1) is 13.2 Å². The second-order valence-electron chi connectivity index (χ2n) is 5.51. The largest absolute Gasteiger partial charge is 0.496 e. The fraction of sp³-hybridized carbons (Fsp3) is 0.333. The Balaban J connectivity index is 2.07. The zero-order valence-electron chi connectivity index (χ0n) is 12.4. The normalized spacial score (nSPS) is 17.6. The van der Waals surface area contributed by atoms with Gasteiger partial charge in [0.2, 0.25) is 0 Å². The molecule has 1 aliphatic heterocycles. The van der Waals surface area contributed by atoms with Gasteiger partial charge in [0, 0.05) is 12.1 Å². The first kappa shape index (κ1) is 13.2. The molecule has 1 aliphatic rings. The summed E-state index contributed by atoms with van der Waals surface area (Å²) in [5, 5.41) is 3.63. The number of hydrogen-bond donors (Lipinski definition) is 1. The predicted octanol–water partition coefficient (Wildman–Crippen LogP) is 3.55. The summed E-state index contributed by atoms with van der Waals surface area (Å²) >= 11 is 0. The van der Waals surface area contributed by atoms with Gasteiger partial charge in [0.15, 0.2) is 0 Å². The van der Waals surface area contributed by atoms with Gasteiger partial charge in [-0.2, -0.15) is 0 Å². The van der Waals surface area contributed by atoms with Crippen molar-refractivity contribution in [2.75, 3.05) is 13.7 Å². The molecule has 0 radical (unpaired) electrons. The van der Waals surface area contributed by atoms with E-state index < -0.39 is 0 Å². The molecule has 2 nitrogen and oxygen atoms in total. The van der Waals surface area contributed by atoms with Gasteiger partial charge in [-0.15, -0.1) is 0 Å². The minimum absolute atomic E-state index is 0.271. The maximum atomic E-state index is 5.51. The molecular weight excluding hydrogens is 246 g/mol. The van der Waals surface area contributed by atoms with Crippen LogP contribution in [0.3, 0.4) is 0 Å². The monoisotopic (exact) mass is 267 g/mol. The van der Waals surface area contributed by atoms with Crippen LogP contribution in [0.4, 0.5) is 0 Å². The Morgan fingerprint density at radius 1 is 1.10 bits per heavy atom. The molecule has 20 heavy (non-hydrogen) atoms. The highest BCUT2D eigenvalue weighted by molar-refractivity contribution is 5.48. The Morgan fingerprint density at radius 3 is 2.70 bits per heavy atom. The van der Waals surface area contributed by atoms with Gasteiger partial charge in [-0.1, -0.05) is 30.3 Å². The second kappa shape index (κ2) is 5.29. The Hall–Kier alpha value is -1.80. The van der Waals surface area contributed by atoms with E-state index in [1.807, 2.05) is 0 Å². The van der Waals surface area contributed by atoms with Gasteiger partial charge in [0.25, 0.3) is 0 Å². The molecule has 1 atom stereocenters. The molecule has 0 saturated heterocycles. The van der Waals surface area contributed by atoms with Crippen LogP contribution in [0.2, 0.25) is 0 Å². The summed E-state index contributed by atoms with van der Waals surface area (Å²) in [5.41, 5.74) is 6.72. The van der Waals surface area contributed by atoms with E-state index in [1.165, 1.54) is 27.8 Å². The van der Waals surface area contributed by atoms with Crippen LogP contribution in [-0.4, -0.2) is 13.7 Å².